The molecule has 0 atom stereocenters. The molecule has 0 aromatic heterocycles. The number of benzene rings is 2. The summed E-state index contributed by atoms with van der Waals surface area (Å²) >= 11 is 0. The molecule has 9 heteroatoms. The molecule has 2 aromatic rings. The number of carbonyl (C=O) groups excluding carboxylic acids is 2. The number of carbonyl (C=O) groups is 2. The minimum absolute atomic E-state index is 0.0913. The van der Waals surface area contributed by atoms with E-state index in [0.717, 1.165) is 37.5 Å². The summed E-state index contributed by atoms with van der Waals surface area (Å²) in [6.45, 7) is 2.18. The van der Waals surface area contributed by atoms with E-state index in [1.165, 1.54) is 20.3 Å². The highest BCUT2D eigenvalue weighted by atomic mass is 19.2. The summed E-state index contributed by atoms with van der Waals surface area (Å²) in [5.41, 5.74) is 0.165. The van der Waals surface area contributed by atoms with Gasteiger partial charge in [0.05, 0.1) is 19.8 Å². The first-order chi connectivity index (χ1) is 16.8. The average Bonchev–Trinajstić information content (AvgIpc) is 3.29. The van der Waals surface area contributed by atoms with E-state index >= 15 is 0 Å². The van der Waals surface area contributed by atoms with E-state index in [1.807, 2.05) is 0 Å². The molecule has 1 spiro atoms. The van der Waals surface area contributed by atoms with Gasteiger partial charge in [0.2, 0.25) is 5.91 Å². The molecule has 35 heavy (non-hydrogen) atoms. The van der Waals surface area contributed by atoms with Crippen molar-refractivity contribution in [3.8, 4) is 11.5 Å². The monoisotopic (exact) mass is 488 g/mol. The Morgan fingerprint density at radius 1 is 0.914 bits per heavy atom. The summed E-state index contributed by atoms with van der Waals surface area (Å²) in [7, 11) is 3.06. The van der Waals surface area contributed by atoms with Crippen LogP contribution in [0.5, 0.6) is 11.5 Å². The van der Waals surface area contributed by atoms with Gasteiger partial charge in [-0.25, -0.2) is 13.2 Å². The first-order valence-corrected chi connectivity index (χ1v) is 11.4. The Bertz CT molecular complexity index is 1160. The van der Waals surface area contributed by atoms with Crippen molar-refractivity contribution in [2.75, 3.05) is 40.4 Å². The summed E-state index contributed by atoms with van der Waals surface area (Å²) < 4.78 is 51.0. The summed E-state index contributed by atoms with van der Waals surface area (Å²) in [6.07, 6.45) is 4.64. The fourth-order valence-corrected chi connectivity index (χ4v) is 4.80. The fraction of sp³-hybridized carbons (Fsp3) is 0.385. The predicted molar refractivity (Wildman–Crippen MR) is 124 cm³/mol. The van der Waals surface area contributed by atoms with Gasteiger partial charge < -0.3 is 19.3 Å². The molecular weight excluding hydrogens is 461 g/mol. The topological polar surface area (TPSA) is 59.1 Å². The van der Waals surface area contributed by atoms with Crippen LogP contribution in [0.4, 0.5) is 13.2 Å². The third-order valence-corrected chi connectivity index (χ3v) is 6.97. The molecule has 0 aliphatic carbocycles. The second-order valence-corrected chi connectivity index (χ2v) is 8.97. The van der Waals surface area contributed by atoms with Gasteiger partial charge in [-0.1, -0.05) is 0 Å². The van der Waals surface area contributed by atoms with Gasteiger partial charge >= 0.3 is 0 Å². The van der Waals surface area contributed by atoms with E-state index in [2.05, 4.69) is 0 Å². The SMILES string of the molecule is COc1ccc(OC)c(C(=O)N2CCC3(CCN(C(=O)C=Cc4ccc(F)c(F)c4F)C3)CC2)c1. The van der Waals surface area contributed by atoms with Crippen LogP contribution in [-0.2, 0) is 4.79 Å². The lowest BCUT2D eigenvalue weighted by molar-refractivity contribution is -0.125. The molecule has 186 valence electrons. The van der Waals surface area contributed by atoms with Gasteiger partial charge in [-0.2, -0.15) is 0 Å². The lowest BCUT2D eigenvalue weighted by Crippen LogP contribution is -2.44. The Hall–Kier alpha value is -3.49. The molecule has 2 heterocycles. The lowest BCUT2D eigenvalue weighted by atomic mass is 9.77. The van der Waals surface area contributed by atoms with Gasteiger partial charge in [-0.05, 0) is 61.1 Å². The average molecular weight is 489 g/mol. The molecule has 2 aliphatic rings. The first-order valence-electron chi connectivity index (χ1n) is 11.4. The summed E-state index contributed by atoms with van der Waals surface area (Å²) in [6, 6.07) is 7.03. The quantitative estimate of drug-likeness (QED) is 0.466. The first kappa shape index (κ1) is 24.6. The summed E-state index contributed by atoms with van der Waals surface area (Å²) in [5, 5.41) is 0. The molecule has 0 radical (unpaired) electrons. The summed E-state index contributed by atoms with van der Waals surface area (Å²) in [4.78, 5) is 29.3. The third-order valence-electron chi connectivity index (χ3n) is 6.97. The zero-order valence-electron chi connectivity index (χ0n) is 19.7. The zero-order valence-corrected chi connectivity index (χ0v) is 19.7. The number of amides is 2. The second kappa shape index (κ2) is 10.0. The number of hydrogen-bond donors (Lipinski definition) is 0. The van der Waals surface area contributed by atoms with Gasteiger partial charge in [-0.3, -0.25) is 9.59 Å². The number of likely N-dealkylation sites (tertiary alicyclic amines) is 2. The Balaban J connectivity index is 1.37. The van der Waals surface area contributed by atoms with Gasteiger partial charge in [0.15, 0.2) is 17.5 Å². The molecule has 2 aliphatic heterocycles. The van der Waals surface area contributed by atoms with Crippen LogP contribution in [-0.4, -0.2) is 62.0 Å². The van der Waals surface area contributed by atoms with Gasteiger partial charge in [0, 0.05) is 37.8 Å². The normalized spacial score (nSPS) is 17.3. The maximum absolute atomic E-state index is 13.9. The molecule has 0 N–H and O–H groups in total. The highest BCUT2D eigenvalue weighted by Gasteiger charge is 2.42. The van der Waals surface area contributed by atoms with Crippen molar-refractivity contribution >= 4 is 17.9 Å². The minimum atomic E-state index is -1.56. The Morgan fingerprint density at radius 3 is 2.26 bits per heavy atom. The Morgan fingerprint density at radius 2 is 1.60 bits per heavy atom. The van der Waals surface area contributed by atoms with Crippen LogP contribution in [0, 0.1) is 22.9 Å². The molecule has 2 saturated heterocycles. The standard InChI is InChI=1S/C26H27F3N2O4/c1-34-18-5-7-21(35-2)19(15-18)25(33)30-12-9-26(10-13-30)11-14-31(16-26)22(32)8-4-17-3-6-20(27)24(29)23(17)28/h3-8,15H,9-14,16H2,1-2H3. The highest BCUT2D eigenvalue weighted by molar-refractivity contribution is 5.97. The van der Waals surface area contributed by atoms with Crippen LogP contribution < -0.4 is 9.47 Å². The largest absolute Gasteiger partial charge is 0.497 e. The van der Waals surface area contributed by atoms with Crippen LogP contribution in [0.2, 0.25) is 0 Å². The van der Waals surface area contributed by atoms with E-state index in [4.69, 9.17) is 9.47 Å². The molecule has 0 saturated carbocycles. The maximum atomic E-state index is 13.9. The number of halogens is 3. The van der Waals surface area contributed by atoms with Crippen LogP contribution in [0.25, 0.3) is 6.08 Å². The molecule has 6 nitrogen and oxygen atoms in total. The lowest BCUT2D eigenvalue weighted by Gasteiger charge is -2.39. The molecule has 2 aromatic carbocycles. The molecule has 2 amide bonds. The van der Waals surface area contributed by atoms with Crippen molar-refractivity contribution in [1.82, 2.24) is 9.80 Å². The van der Waals surface area contributed by atoms with Gasteiger partial charge in [0.25, 0.3) is 5.91 Å². The Labute approximate surface area is 201 Å². The van der Waals surface area contributed by atoms with Crippen LogP contribution >= 0.6 is 0 Å². The smallest absolute Gasteiger partial charge is 0.257 e. The number of hydrogen-bond acceptors (Lipinski definition) is 4. The number of ether oxygens (including phenoxy) is 2. The highest BCUT2D eigenvalue weighted by Crippen LogP contribution is 2.41. The van der Waals surface area contributed by atoms with Gasteiger partial charge in [0.1, 0.15) is 11.5 Å². The van der Waals surface area contributed by atoms with E-state index in [-0.39, 0.29) is 22.8 Å². The van der Waals surface area contributed by atoms with Crippen molar-refractivity contribution in [2.24, 2.45) is 5.41 Å². The van der Waals surface area contributed by atoms with Crippen molar-refractivity contribution < 1.29 is 32.2 Å². The number of piperidine rings is 1. The zero-order chi connectivity index (χ0) is 25.2. The van der Waals surface area contributed by atoms with E-state index in [9.17, 15) is 22.8 Å². The van der Waals surface area contributed by atoms with Crippen molar-refractivity contribution in [3.05, 3.63) is 65.0 Å². The van der Waals surface area contributed by atoms with Crippen molar-refractivity contribution in [2.45, 2.75) is 19.3 Å². The van der Waals surface area contributed by atoms with E-state index in [1.54, 1.807) is 28.0 Å². The second-order valence-electron chi connectivity index (χ2n) is 8.97. The van der Waals surface area contributed by atoms with E-state index < -0.39 is 17.5 Å². The Kier molecular flexibility index (Phi) is 7.05. The van der Waals surface area contributed by atoms with Crippen molar-refractivity contribution in [1.29, 1.82) is 0 Å². The number of methoxy groups -OCH3 is 2. The summed E-state index contributed by atoms with van der Waals surface area (Å²) in [5.74, 6) is -3.54. The molecule has 0 bridgehead atoms. The predicted octanol–water partition coefficient (Wildman–Crippen LogP) is 4.29. The molecule has 2 fully saturated rings. The van der Waals surface area contributed by atoms with Gasteiger partial charge in [-0.15, -0.1) is 0 Å². The van der Waals surface area contributed by atoms with Crippen LogP contribution in [0.1, 0.15) is 35.2 Å². The number of nitrogens with zero attached hydrogens (tertiary/aromatic N) is 2. The van der Waals surface area contributed by atoms with Crippen LogP contribution in [0.3, 0.4) is 0 Å². The fourth-order valence-electron chi connectivity index (χ4n) is 4.80. The molecule has 0 unspecified atom stereocenters. The maximum Gasteiger partial charge on any atom is 0.257 e. The molecule has 4 rings (SSSR count). The third kappa shape index (κ3) is 4.99. The van der Waals surface area contributed by atoms with E-state index in [0.29, 0.717) is 43.2 Å². The van der Waals surface area contributed by atoms with Crippen molar-refractivity contribution in [3.63, 3.8) is 0 Å². The molecular formula is C26H27F3N2O4. The number of rotatable bonds is 5. The minimum Gasteiger partial charge on any atom is -0.497 e. The van der Waals surface area contributed by atoms with Crippen LogP contribution in [0.15, 0.2) is 36.4 Å².